The van der Waals surface area contributed by atoms with Crippen molar-refractivity contribution in [2.75, 3.05) is 7.11 Å². The van der Waals surface area contributed by atoms with Gasteiger partial charge in [0.15, 0.2) is 0 Å². The highest BCUT2D eigenvalue weighted by Gasteiger charge is 2.28. The second-order valence-corrected chi connectivity index (χ2v) is 6.25. The molecule has 25 heavy (non-hydrogen) atoms. The first-order chi connectivity index (χ1) is 12.0. The minimum atomic E-state index is -0.358. The molecule has 0 aliphatic heterocycles. The molecular weight excluding hydrogens is 361 g/mol. The van der Waals surface area contributed by atoms with Gasteiger partial charge in [-0.05, 0) is 41.8 Å². The predicted octanol–water partition coefficient (Wildman–Crippen LogP) is 5.68. The van der Waals surface area contributed by atoms with Crippen molar-refractivity contribution in [1.82, 2.24) is 0 Å². The number of allylic oxidation sites excluding steroid dienone is 3. The summed E-state index contributed by atoms with van der Waals surface area (Å²) in [6.45, 7) is 0. The summed E-state index contributed by atoms with van der Waals surface area (Å²) in [7, 11) is 1.58. The highest BCUT2D eigenvalue weighted by Crippen LogP contribution is 2.39. The maximum absolute atomic E-state index is 11.8. The zero-order valence-electron chi connectivity index (χ0n) is 13.3. The van der Waals surface area contributed by atoms with Crippen LogP contribution < -0.4 is 4.74 Å². The smallest absolute Gasteiger partial charge is 0.280 e. The largest absolute Gasteiger partial charge is 0.497 e. The van der Waals surface area contributed by atoms with Gasteiger partial charge in [0.05, 0.1) is 27.7 Å². The van der Waals surface area contributed by atoms with Gasteiger partial charge in [0, 0.05) is 12.0 Å². The van der Waals surface area contributed by atoms with Crippen LogP contribution in [0.5, 0.6) is 5.75 Å². The van der Waals surface area contributed by atoms with E-state index in [-0.39, 0.29) is 10.6 Å². The summed E-state index contributed by atoms with van der Waals surface area (Å²) in [6.07, 6.45) is 4.26. The van der Waals surface area contributed by atoms with E-state index in [4.69, 9.17) is 27.9 Å². The molecule has 2 aromatic carbocycles. The zero-order valence-corrected chi connectivity index (χ0v) is 14.8. The second kappa shape index (κ2) is 7.30. The molecule has 1 aliphatic carbocycles. The van der Waals surface area contributed by atoms with Crippen molar-refractivity contribution in [1.29, 1.82) is 0 Å². The number of methoxy groups -OCH3 is 1. The number of benzene rings is 2. The third-order valence-electron chi connectivity index (χ3n) is 3.97. The molecule has 1 radical (unpaired) electrons. The lowest BCUT2D eigenvalue weighted by Gasteiger charge is -2.16. The maximum Gasteiger partial charge on any atom is 0.280 e. The van der Waals surface area contributed by atoms with E-state index in [1.807, 2.05) is 24.6 Å². The van der Waals surface area contributed by atoms with Crippen LogP contribution in [-0.4, -0.2) is 12.0 Å². The molecule has 3 rings (SSSR count). The van der Waals surface area contributed by atoms with Crippen LogP contribution in [0.2, 0.25) is 10.0 Å². The molecule has 0 fully saturated rings. The highest BCUT2D eigenvalue weighted by atomic mass is 35.5. The van der Waals surface area contributed by atoms with Crippen molar-refractivity contribution in [2.45, 2.75) is 6.42 Å². The fourth-order valence-electron chi connectivity index (χ4n) is 2.77. The van der Waals surface area contributed by atoms with E-state index in [0.29, 0.717) is 38.9 Å². The lowest BCUT2D eigenvalue weighted by molar-refractivity contribution is -0.416. The van der Waals surface area contributed by atoms with Crippen molar-refractivity contribution in [3.63, 3.8) is 0 Å². The fraction of sp³-hybridized carbons (Fsp3) is 0.105. The van der Waals surface area contributed by atoms with Crippen molar-refractivity contribution in [2.24, 2.45) is 0 Å². The van der Waals surface area contributed by atoms with Crippen LogP contribution >= 0.6 is 23.2 Å². The van der Waals surface area contributed by atoms with E-state index in [1.54, 1.807) is 37.4 Å². The molecule has 0 amide bonds. The number of hydrogen-bond donors (Lipinski definition) is 0. The second-order valence-electron chi connectivity index (χ2n) is 5.43. The van der Waals surface area contributed by atoms with Crippen LogP contribution in [0.4, 0.5) is 0 Å². The molecule has 0 aromatic heterocycles. The Morgan fingerprint density at radius 1 is 1.04 bits per heavy atom. The van der Waals surface area contributed by atoms with E-state index < -0.39 is 0 Å². The molecule has 0 unspecified atom stereocenters. The molecule has 4 nitrogen and oxygen atoms in total. The van der Waals surface area contributed by atoms with Gasteiger partial charge < -0.3 is 4.74 Å². The molecule has 0 heterocycles. The zero-order chi connectivity index (χ0) is 18.0. The molecule has 2 aromatic rings. The first kappa shape index (κ1) is 17.5. The molecule has 0 bridgehead atoms. The summed E-state index contributed by atoms with van der Waals surface area (Å²) in [5.74, 6) is 0.697. The van der Waals surface area contributed by atoms with Gasteiger partial charge in [-0.1, -0.05) is 47.5 Å². The Hall–Kier alpha value is -2.30. The van der Waals surface area contributed by atoms with Crippen LogP contribution in [0.15, 0.2) is 54.2 Å². The number of nitro groups is 1. The average molecular weight is 375 g/mol. The Kier molecular flexibility index (Phi) is 5.11. The van der Waals surface area contributed by atoms with Gasteiger partial charge in [-0.15, -0.1) is 0 Å². The quantitative estimate of drug-likeness (QED) is 0.510. The Morgan fingerprint density at radius 3 is 2.32 bits per heavy atom. The van der Waals surface area contributed by atoms with Crippen LogP contribution in [0.1, 0.15) is 17.5 Å². The van der Waals surface area contributed by atoms with E-state index in [2.05, 4.69) is 0 Å². The standard InChI is InChI=1S/C19H14Cl2NO3/c1-25-14-8-5-12(6-9-14)15-3-2-4-16(19(15)22(23)24)13-7-10-17(20)18(21)11-13/h3-11H,2H2,1H3. The van der Waals surface area contributed by atoms with Crippen LogP contribution in [-0.2, 0) is 0 Å². The predicted molar refractivity (Wildman–Crippen MR) is 100 cm³/mol. The summed E-state index contributed by atoms with van der Waals surface area (Å²) in [5, 5.41) is 12.6. The molecule has 1 aliphatic rings. The number of ether oxygens (including phenoxy) is 1. The van der Waals surface area contributed by atoms with Gasteiger partial charge in [-0.3, -0.25) is 10.1 Å². The third-order valence-corrected chi connectivity index (χ3v) is 4.71. The van der Waals surface area contributed by atoms with Gasteiger partial charge in [-0.25, -0.2) is 0 Å². The lowest BCUT2D eigenvalue weighted by Crippen LogP contribution is -2.09. The molecule has 0 spiro atoms. The Bertz CT molecular complexity index is 886. The number of halogens is 2. The van der Waals surface area contributed by atoms with Gasteiger partial charge in [-0.2, -0.15) is 0 Å². The first-order valence-electron chi connectivity index (χ1n) is 7.53. The normalized spacial score (nSPS) is 14.3. The molecule has 0 saturated heterocycles. The first-order valence-corrected chi connectivity index (χ1v) is 8.29. The monoisotopic (exact) mass is 374 g/mol. The highest BCUT2D eigenvalue weighted by molar-refractivity contribution is 6.42. The van der Waals surface area contributed by atoms with E-state index >= 15 is 0 Å². The van der Waals surface area contributed by atoms with E-state index in [9.17, 15) is 10.1 Å². The van der Waals surface area contributed by atoms with E-state index in [1.165, 1.54) is 0 Å². The fourth-order valence-corrected chi connectivity index (χ4v) is 3.07. The third kappa shape index (κ3) is 3.55. The molecule has 0 atom stereocenters. The number of hydrogen-bond acceptors (Lipinski definition) is 3. The summed E-state index contributed by atoms with van der Waals surface area (Å²) in [5.41, 5.74) is 2.60. The van der Waals surface area contributed by atoms with Gasteiger partial charge in [0.2, 0.25) is 0 Å². The topological polar surface area (TPSA) is 52.4 Å². The van der Waals surface area contributed by atoms with Gasteiger partial charge in [0.1, 0.15) is 5.75 Å². The summed E-state index contributed by atoms with van der Waals surface area (Å²) >= 11 is 12.0. The van der Waals surface area contributed by atoms with Crippen molar-refractivity contribution in [3.05, 3.63) is 91.9 Å². The minimum absolute atomic E-state index is 0.0507. The number of nitrogens with zero attached hydrogens (tertiary/aromatic N) is 1. The molecule has 0 N–H and O–H groups in total. The molecule has 6 heteroatoms. The molecule has 0 saturated carbocycles. The van der Waals surface area contributed by atoms with Gasteiger partial charge in [0.25, 0.3) is 5.70 Å². The SMILES string of the molecule is COc1ccc(C2=C([N+](=O)[O-])C(c3ccc(Cl)c(Cl)c3)=CC[CH]2)cc1. The number of rotatable bonds is 4. The van der Waals surface area contributed by atoms with Crippen molar-refractivity contribution >= 4 is 34.3 Å². The molecule has 127 valence electrons. The average Bonchev–Trinajstić information content (AvgIpc) is 2.63. The van der Waals surface area contributed by atoms with Crippen LogP contribution in [0, 0.1) is 16.5 Å². The maximum atomic E-state index is 11.8. The minimum Gasteiger partial charge on any atom is -0.497 e. The van der Waals surface area contributed by atoms with Gasteiger partial charge >= 0.3 is 0 Å². The van der Waals surface area contributed by atoms with Crippen molar-refractivity contribution in [3.8, 4) is 5.75 Å². The lowest BCUT2D eigenvalue weighted by atomic mass is 9.88. The summed E-state index contributed by atoms with van der Waals surface area (Å²) in [6, 6.07) is 12.2. The Labute approximate surface area is 155 Å². The summed E-state index contributed by atoms with van der Waals surface area (Å²) in [4.78, 5) is 11.4. The van der Waals surface area contributed by atoms with Crippen LogP contribution in [0.3, 0.4) is 0 Å². The Morgan fingerprint density at radius 2 is 1.72 bits per heavy atom. The van der Waals surface area contributed by atoms with E-state index in [0.717, 1.165) is 5.56 Å². The molecular formula is C19H14Cl2NO3. The summed E-state index contributed by atoms with van der Waals surface area (Å²) < 4.78 is 5.15. The Balaban J connectivity index is 2.12. The van der Waals surface area contributed by atoms with Crippen LogP contribution in [0.25, 0.3) is 11.1 Å². The van der Waals surface area contributed by atoms with Crippen molar-refractivity contribution < 1.29 is 9.66 Å².